The van der Waals surface area contributed by atoms with Gasteiger partial charge in [0, 0.05) is 12.2 Å². The molecule has 0 fully saturated rings. The number of halogens is 1. The summed E-state index contributed by atoms with van der Waals surface area (Å²) in [5.74, 6) is -0.0889. The molecule has 1 aromatic carbocycles. The third kappa shape index (κ3) is 4.43. The Morgan fingerprint density at radius 2 is 2.04 bits per heavy atom. The molecule has 146 valence electrons. The van der Waals surface area contributed by atoms with Crippen molar-refractivity contribution in [3.63, 3.8) is 0 Å². The first-order valence-electron chi connectivity index (χ1n) is 8.71. The lowest BCUT2D eigenvalue weighted by molar-refractivity contribution is 0.0996. The summed E-state index contributed by atoms with van der Waals surface area (Å²) < 4.78 is 6.44. The molecule has 2 heterocycles. The summed E-state index contributed by atoms with van der Waals surface area (Å²) in [4.78, 5) is 24.5. The number of anilines is 2. The highest BCUT2D eigenvalue weighted by Crippen LogP contribution is 2.20. The molecule has 0 aliphatic carbocycles. The fraction of sp³-hybridized carbons (Fsp3) is 0.250. The van der Waals surface area contributed by atoms with Crippen molar-refractivity contribution in [2.24, 2.45) is 0 Å². The molecule has 2 aromatic heterocycles. The van der Waals surface area contributed by atoms with Crippen molar-refractivity contribution in [2.45, 2.75) is 32.9 Å². The number of rotatable bonds is 5. The topological polar surface area (TPSA) is 89.2 Å². The number of hydrogen-bond acceptors (Lipinski definition) is 5. The van der Waals surface area contributed by atoms with Crippen LogP contribution in [0.2, 0.25) is 5.02 Å². The summed E-state index contributed by atoms with van der Waals surface area (Å²) in [5, 5.41) is 10.2. The van der Waals surface area contributed by atoms with Gasteiger partial charge in [0.1, 0.15) is 5.02 Å². The third-order valence-electron chi connectivity index (χ3n) is 3.97. The van der Waals surface area contributed by atoms with Crippen LogP contribution < -0.4 is 16.2 Å². The van der Waals surface area contributed by atoms with Crippen molar-refractivity contribution < 1.29 is 9.21 Å². The van der Waals surface area contributed by atoms with Crippen molar-refractivity contribution >= 4 is 28.9 Å². The summed E-state index contributed by atoms with van der Waals surface area (Å²) in [5.41, 5.74) is 1.18. The van der Waals surface area contributed by atoms with Crippen LogP contribution in [0.15, 0.2) is 58.1 Å². The van der Waals surface area contributed by atoms with E-state index in [-0.39, 0.29) is 22.2 Å². The van der Waals surface area contributed by atoms with Crippen molar-refractivity contribution in [1.82, 2.24) is 9.78 Å². The predicted molar refractivity (Wildman–Crippen MR) is 109 cm³/mol. The first kappa shape index (κ1) is 19.7. The number of hydrogen-bond donors (Lipinski definition) is 2. The van der Waals surface area contributed by atoms with Crippen LogP contribution in [0.3, 0.4) is 0 Å². The molecule has 0 saturated carbocycles. The molecule has 3 rings (SSSR count). The van der Waals surface area contributed by atoms with Crippen LogP contribution >= 0.6 is 11.6 Å². The van der Waals surface area contributed by atoms with Crippen LogP contribution in [0.5, 0.6) is 0 Å². The lowest BCUT2D eigenvalue weighted by Crippen LogP contribution is -2.36. The maximum absolute atomic E-state index is 12.4. The second-order valence-corrected chi connectivity index (χ2v) is 7.62. The van der Waals surface area contributed by atoms with E-state index in [9.17, 15) is 9.59 Å². The molecule has 2 N–H and O–H groups in total. The number of aromatic nitrogens is 2. The van der Waals surface area contributed by atoms with Crippen LogP contribution in [0.4, 0.5) is 11.4 Å². The van der Waals surface area contributed by atoms with Crippen LogP contribution in [0.25, 0.3) is 0 Å². The number of carbonyl (C=O) groups excluding carboxylic acids is 1. The second-order valence-electron chi connectivity index (χ2n) is 7.25. The smallest absolute Gasteiger partial charge is 0.291 e. The molecule has 0 saturated heterocycles. The molecule has 0 aliphatic rings. The number of benzene rings is 1. The van der Waals surface area contributed by atoms with Gasteiger partial charge >= 0.3 is 0 Å². The highest BCUT2D eigenvalue weighted by molar-refractivity contribution is 6.32. The van der Waals surface area contributed by atoms with Gasteiger partial charge in [0.15, 0.2) is 5.76 Å². The number of amides is 1. The van der Waals surface area contributed by atoms with Crippen LogP contribution in [-0.4, -0.2) is 15.7 Å². The minimum Gasteiger partial charge on any atom is -0.459 e. The predicted octanol–water partition coefficient (Wildman–Crippen LogP) is 4.11. The molecule has 7 nitrogen and oxygen atoms in total. The number of carbonyl (C=O) groups is 1. The standard InChI is InChI=1S/C20H21ClN4O3/c1-20(2,3)25-19(27)17(21)15(12-23-25)22-11-13-6-4-7-14(10-13)24-18(26)16-8-5-9-28-16/h4-10,12,22H,11H2,1-3H3,(H,24,26). The summed E-state index contributed by atoms with van der Waals surface area (Å²) in [6.07, 6.45) is 2.98. The summed E-state index contributed by atoms with van der Waals surface area (Å²) >= 11 is 6.22. The van der Waals surface area contributed by atoms with Gasteiger partial charge in [-0.25, -0.2) is 4.68 Å². The van der Waals surface area contributed by atoms with Crippen molar-refractivity contribution in [3.8, 4) is 0 Å². The number of furan rings is 1. The van der Waals surface area contributed by atoms with Gasteiger partial charge in [0.05, 0.1) is 23.7 Å². The average molecular weight is 401 g/mol. The Balaban J connectivity index is 1.71. The van der Waals surface area contributed by atoms with E-state index in [1.54, 1.807) is 18.2 Å². The monoisotopic (exact) mass is 400 g/mol. The Labute approximate surface area is 167 Å². The van der Waals surface area contributed by atoms with E-state index in [1.165, 1.54) is 17.1 Å². The molecule has 1 amide bonds. The summed E-state index contributed by atoms with van der Waals surface area (Å²) in [7, 11) is 0. The Hall–Kier alpha value is -3.06. The largest absolute Gasteiger partial charge is 0.459 e. The van der Waals surface area contributed by atoms with E-state index in [0.717, 1.165) is 5.56 Å². The zero-order valence-corrected chi connectivity index (χ0v) is 16.6. The fourth-order valence-electron chi connectivity index (χ4n) is 2.59. The molecule has 8 heteroatoms. The molecule has 0 unspecified atom stereocenters. The summed E-state index contributed by atoms with van der Waals surface area (Å²) in [6, 6.07) is 10.6. The van der Waals surface area contributed by atoms with Gasteiger partial charge in [-0.05, 0) is 50.6 Å². The van der Waals surface area contributed by atoms with E-state index in [2.05, 4.69) is 15.7 Å². The molecule has 28 heavy (non-hydrogen) atoms. The molecular formula is C20H21ClN4O3. The van der Waals surface area contributed by atoms with Gasteiger partial charge in [-0.2, -0.15) is 5.10 Å². The molecule has 0 bridgehead atoms. The maximum atomic E-state index is 12.4. The van der Waals surface area contributed by atoms with Crippen LogP contribution in [-0.2, 0) is 12.1 Å². The van der Waals surface area contributed by atoms with Crippen molar-refractivity contribution in [2.75, 3.05) is 10.6 Å². The Kier molecular flexibility index (Phi) is 5.56. The van der Waals surface area contributed by atoms with Crippen LogP contribution in [0, 0.1) is 0 Å². The van der Waals surface area contributed by atoms with Gasteiger partial charge < -0.3 is 15.1 Å². The average Bonchev–Trinajstić information content (AvgIpc) is 3.17. The number of nitrogens with zero attached hydrogens (tertiary/aromatic N) is 2. The van der Waals surface area contributed by atoms with Crippen molar-refractivity contribution in [3.05, 3.63) is 75.6 Å². The third-order valence-corrected chi connectivity index (χ3v) is 4.33. The van der Waals surface area contributed by atoms with Crippen molar-refractivity contribution in [1.29, 1.82) is 0 Å². The van der Waals surface area contributed by atoms with Gasteiger partial charge in [-0.1, -0.05) is 23.7 Å². The van der Waals surface area contributed by atoms with E-state index in [0.29, 0.717) is 17.9 Å². The minimum absolute atomic E-state index is 0.0900. The van der Waals surface area contributed by atoms with E-state index in [1.807, 2.05) is 39.0 Å². The molecular weight excluding hydrogens is 380 g/mol. The molecule has 0 atom stereocenters. The first-order valence-corrected chi connectivity index (χ1v) is 9.09. The fourth-order valence-corrected chi connectivity index (χ4v) is 2.79. The molecule has 3 aromatic rings. The first-order chi connectivity index (χ1) is 13.3. The minimum atomic E-state index is -0.459. The quantitative estimate of drug-likeness (QED) is 0.672. The highest BCUT2D eigenvalue weighted by Gasteiger charge is 2.19. The normalized spacial score (nSPS) is 11.3. The number of nitrogens with one attached hydrogen (secondary N) is 2. The van der Waals surface area contributed by atoms with Gasteiger partial charge in [0.2, 0.25) is 0 Å². The summed E-state index contributed by atoms with van der Waals surface area (Å²) in [6.45, 7) is 6.05. The molecule has 0 aliphatic heterocycles. The molecule has 0 radical (unpaired) electrons. The van der Waals surface area contributed by atoms with Gasteiger partial charge in [-0.15, -0.1) is 0 Å². The van der Waals surface area contributed by atoms with Gasteiger partial charge in [-0.3, -0.25) is 9.59 Å². The zero-order valence-electron chi connectivity index (χ0n) is 15.8. The van der Waals surface area contributed by atoms with Gasteiger partial charge in [0.25, 0.3) is 11.5 Å². The Morgan fingerprint density at radius 1 is 1.25 bits per heavy atom. The Bertz CT molecular complexity index is 1040. The lowest BCUT2D eigenvalue weighted by atomic mass is 10.1. The zero-order chi connectivity index (χ0) is 20.3. The SMILES string of the molecule is CC(C)(C)n1ncc(NCc2cccc(NC(=O)c3ccco3)c2)c(Cl)c1=O. The van der Waals surface area contributed by atoms with E-state index < -0.39 is 5.54 Å². The Morgan fingerprint density at radius 3 is 2.71 bits per heavy atom. The maximum Gasteiger partial charge on any atom is 0.291 e. The van der Waals surface area contributed by atoms with E-state index >= 15 is 0 Å². The lowest BCUT2D eigenvalue weighted by Gasteiger charge is -2.21. The molecule has 0 spiro atoms. The second kappa shape index (κ2) is 7.90. The highest BCUT2D eigenvalue weighted by atomic mass is 35.5. The van der Waals surface area contributed by atoms with Crippen LogP contribution in [0.1, 0.15) is 36.9 Å². The van der Waals surface area contributed by atoms with E-state index in [4.69, 9.17) is 16.0 Å².